The molecular weight excluding hydrogens is 520 g/mol. The van der Waals surface area contributed by atoms with Gasteiger partial charge in [-0.05, 0) is 107 Å². The summed E-state index contributed by atoms with van der Waals surface area (Å²) < 4.78 is 0. The number of benzene rings is 4. The van der Waals surface area contributed by atoms with Crippen LogP contribution < -0.4 is 4.90 Å². The van der Waals surface area contributed by atoms with Gasteiger partial charge in [-0.3, -0.25) is 0 Å². The molecule has 0 unspecified atom stereocenters. The molecule has 0 radical (unpaired) electrons. The van der Waals surface area contributed by atoms with Gasteiger partial charge in [-0.1, -0.05) is 76.5 Å². The fourth-order valence-electron chi connectivity index (χ4n) is 5.98. The van der Waals surface area contributed by atoms with E-state index in [9.17, 15) is 0 Å². The number of hydrogen-bond donors (Lipinski definition) is 0. The van der Waals surface area contributed by atoms with Gasteiger partial charge in [0.2, 0.25) is 0 Å². The van der Waals surface area contributed by atoms with Crippen LogP contribution in [0.3, 0.4) is 0 Å². The van der Waals surface area contributed by atoms with E-state index in [1.165, 1.54) is 44.6 Å². The summed E-state index contributed by atoms with van der Waals surface area (Å²) in [6.07, 6.45) is 2.01. The fraction of sp³-hybridized carbons (Fsp3) is 0.250. The summed E-state index contributed by atoms with van der Waals surface area (Å²) in [6.45, 7) is 15.0. The third kappa shape index (κ3) is 5.91. The van der Waals surface area contributed by atoms with Gasteiger partial charge < -0.3 is 4.90 Å². The van der Waals surface area contributed by atoms with Crippen LogP contribution in [-0.2, 0) is 0 Å². The molecule has 5 rings (SSSR count). The molecule has 0 saturated heterocycles. The quantitative estimate of drug-likeness (QED) is 0.194. The molecule has 208 valence electrons. The number of thioether (sulfide) groups is 1. The van der Waals surface area contributed by atoms with E-state index in [0.717, 1.165) is 33.1 Å². The van der Waals surface area contributed by atoms with Crippen LogP contribution in [0.2, 0.25) is 0 Å². The third-order valence-electron chi connectivity index (χ3n) is 7.58. The fourth-order valence-corrected chi connectivity index (χ4v) is 6.33. The lowest BCUT2D eigenvalue weighted by atomic mass is 9.95. The first-order chi connectivity index (χ1) is 19.5. The molecule has 1 aromatic heterocycles. The first-order valence-electron chi connectivity index (χ1n) is 14.0. The van der Waals surface area contributed by atoms with Gasteiger partial charge >= 0.3 is 0 Å². The molecule has 5 heteroatoms. The van der Waals surface area contributed by atoms with E-state index in [1.54, 1.807) is 11.8 Å². The normalized spacial score (nSPS) is 11.1. The summed E-state index contributed by atoms with van der Waals surface area (Å²) in [4.78, 5) is 17.0. The Morgan fingerprint density at radius 1 is 0.561 bits per heavy atom. The number of anilines is 2. The Morgan fingerprint density at radius 3 is 1.66 bits per heavy atom. The van der Waals surface area contributed by atoms with E-state index in [4.69, 9.17) is 15.0 Å². The zero-order chi connectivity index (χ0) is 29.4. The van der Waals surface area contributed by atoms with Crippen LogP contribution in [0.25, 0.3) is 33.9 Å². The lowest BCUT2D eigenvalue weighted by Crippen LogP contribution is -2.14. The van der Waals surface area contributed by atoms with E-state index in [2.05, 4.69) is 127 Å². The first-order valence-corrected chi connectivity index (χ1v) is 15.2. The largest absolute Gasteiger partial charge is 0.344 e. The zero-order valence-electron chi connectivity index (χ0n) is 25.5. The Morgan fingerprint density at radius 2 is 1.10 bits per heavy atom. The van der Waals surface area contributed by atoms with Crippen LogP contribution >= 0.6 is 11.8 Å². The predicted molar refractivity (Wildman–Crippen MR) is 176 cm³/mol. The van der Waals surface area contributed by atoms with Crippen LogP contribution in [0.4, 0.5) is 11.4 Å². The maximum absolute atomic E-state index is 5.03. The van der Waals surface area contributed by atoms with Gasteiger partial charge in [-0.25, -0.2) is 15.0 Å². The van der Waals surface area contributed by atoms with Gasteiger partial charge in [-0.2, -0.15) is 0 Å². The van der Waals surface area contributed by atoms with Gasteiger partial charge in [0.15, 0.2) is 16.8 Å². The average Bonchev–Trinajstić information content (AvgIpc) is 2.91. The molecule has 0 spiro atoms. The molecule has 0 bridgehead atoms. The van der Waals surface area contributed by atoms with Crippen LogP contribution in [0, 0.1) is 48.5 Å². The Hall–Kier alpha value is -3.96. The van der Waals surface area contributed by atoms with E-state index >= 15 is 0 Å². The first kappa shape index (κ1) is 28.6. The van der Waals surface area contributed by atoms with Crippen molar-refractivity contribution in [1.29, 1.82) is 0 Å². The molecule has 0 aliphatic rings. The number of aryl methyl sites for hydroxylation is 6. The predicted octanol–water partition coefficient (Wildman–Crippen LogP) is 9.52. The van der Waals surface area contributed by atoms with Crippen molar-refractivity contribution < 1.29 is 0 Å². The monoisotopic (exact) mass is 558 g/mol. The standard InChI is InChI=1S/C36H38N4S/c1-21-14-22(2)17-29(16-21)28-10-12-31(13-11-28)40(8)33-26(6)20-25(5)32(27(33)7)35-37-34(38-36(39-35)41-9)30-18-23(3)15-24(4)19-30/h10-20H,1-9H3. The second-order valence-electron chi connectivity index (χ2n) is 11.2. The van der Waals surface area contributed by atoms with Crippen molar-refractivity contribution in [2.24, 2.45) is 0 Å². The molecule has 5 aromatic rings. The number of rotatable bonds is 6. The molecular formula is C36H38N4S. The van der Waals surface area contributed by atoms with Crippen molar-refractivity contribution in [3.63, 3.8) is 0 Å². The maximum atomic E-state index is 5.03. The summed E-state index contributed by atoms with van der Waals surface area (Å²) in [5.41, 5.74) is 15.4. The van der Waals surface area contributed by atoms with E-state index in [-0.39, 0.29) is 0 Å². The number of hydrogen-bond acceptors (Lipinski definition) is 5. The number of nitrogens with zero attached hydrogens (tertiary/aromatic N) is 4. The Labute approximate surface area is 248 Å². The van der Waals surface area contributed by atoms with Gasteiger partial charge in [-0.15, -0.1) is 0 Å². The van der Waals surface area contributed by atoms with Crippen LogP contribution in [0.5, 0.6) is 0 Å². The maximum Gasteiger partial charge on any atom is 0.191 e. The van der Waals surface area contributed by atoms with E-state index < -0.39 is 0 Å². The van der Waals surface area contributed by atoms with Gasteiger partial charge in [0, 0.05) is 29.5 Å². The van der Waals surface area contributed by atoms with E-state index in [0.29, 0.717) is 11.6 Å². The van der Waals surface area contributed by atoms with Crippen molar-refractivity contribution in [1.82, 2.24) is 15.0 Å². The highest BCUT2D eigenvalue weighted by atomic mass is 32.2. The van der Waals surface area contributed by atoms with Gasteiger partial charge in [0.05, 0.1) is 0 Å². The zero-order valence-corrected chi connectivity index (χ0v) is 26.4. The molecule has 41 heavy (non-hydrogen) atoms. The van der Waals surface area contributed by atoms with Crippen LogP contribution in [0.1, 0.15) is 38.9 Å². The Kier molecular flexibility index (Phi) is 8.01. The van der Waals surface area contributed by atoms with Crippen molar-refractivity contribution in [2.45, 2.75) is 53.6 Å². The average molecular weight is 559 g/mol. The molecule has 4 aromatic carbocycles. The highest BCUT2D eigenvalue weighted by Gasteiger charge is 2.20. The second kappa shape index (κ2) is 11.5. The summed E-state index contributed by atoms with van der Waals surface area (Å²) in [7, 11) is 2.14. The molecule has 0 aliphatic heterocycles. The second-order valence-corrected chi connectivity index (χ2v) is 12.0. The lowest BCUT2D eigenvalue weighted by molar-refractivity contribution is 0.919. The molecule has 0 amide bonds. The van der Waals surface area contributed by atoms with Crippen molar-refractivity contribution >= 4 is 23.1 Å². The highest BCUT2D eigenvalue weighted by molar-refractivity contribution is 7.98. The third-order valence-corrected chi connectivity index (χ3v) is 8.12. The SMILES string of the molecule is CSc1nc(-c2cc(C)cc(C)c2)nc(-c2c(C)cc(C)c(N(C)c3ccc(-c4cc(C)cc(C)c4)cc3)c2C)n1. The van der Waals surface area contributed by atoms with Crippen LogP contribution in [0.15, 0.2) is 71.9 Å². The molecule has 0 atom stereocenters. The summed E-state index contributed by atoms with van der Waals surface area (Å²) in [5.74, 6) is 1.43. The molecule has 1 heterocycles. The molecule has 4 nitrogen and oxygen atoms in total. The molecule has 0 fully saturated rings. The number of aromatic nitrogens is 3. The van der Waals surface area contributed by atoms with Gasteiger partial charge in [0.25, 0.3) is 0 Å². The molecule has 0 N–H and O–H groups in total. The summed E-state index contributed by atoms with van der Waals surface area (Å²) in [5, 5.41) is 0.723. The minimum Gasteiger partial charge on any atom is -0.344 e. The van der Waals surface area contributed by atoms with E-state index in [1.807, 2.05) is 6.26 Å². The summed E-state index contributed by atoms with van der Waals surface area (Å²) >= 11 is 1.55. The van der Waals surface area contributed by atoms with Crippen LogP contribution in [-0.4, -0.2) is 28.3 Å². The minimum absolute atomic E-state index is 0.711. The Balaban J connectivity index is 1.58. The topological polar surface area (TPSA) is 41.9 Å². The minimum atomic E-state index is 0.711. The van der Waals surface area contributed by atoms with Crippen molar-refractivity contribution in [3.05, 3.63) is 106 Å². The van der Waals surface area contributed by atoms with Gasteiger partial charge in [0.1, 0.15) is 0 Å². The highest BCUT2D eigenvalue weighted by Crippen LogP contribution is 2.39. The van der Waals surface area contributed by atoms with Crippen molar-refractivity contribution in [2.75, 3.05) is 18.2 Å². The molecule has 0 aliphatic carbocycles. The summed E-state index contributed by atoms with van der Waals surface area (Å²) in [6, 6.07) is 24.3. The lowest BCUT2D eigenvalue weighted by Gasteiger charge is -2.26. The van der Waals surface area contributed by atoms with Crippen molar-refractivity contribution in [3.8, 4) is 33.9 Å². The molecule has 0 saturated carbocycles. The smallest absolute Gasteiger partial charge is 0.191 e. The Bertz CT molecular complexity index is 1720.